The number of hydrogen-bond donors (Lipinski definition) is 0. The van der Waals surface area contributed by atoms with E-state index in [4.69, 9.17) is 0 Å². The molecule has 0 aromatic carbocycles. The van der Waals surface area contributed by atoms with Gasteiger partial charge >= 0.3 is 0 Å². The van der Waals surface area contributed by atoms with Crippen LogP contribution in [-0.4, -0.2) is 24.5 Å². The van der Waals surface area contributed by atoms with Crippen LogP contribution in [0.5, 0.6) is 0 Å². The molecule has 1 nitrogen and oxygen atoms in total. The molecule has 1 rings (SSSR count). The van der Waals surface area contributed by atoms with Gasteiger partial charge in [-0.1, -0.05) is 77.6 Å². The Morgan fingerprint density at radius 3 is 1.41 bits per heavy atom. The van der Waals surface area contributed by atoms with Crippen molar-refractivity contribution < 1.29 is 0 Å². The SMILES string of the molecule is CCCCCCCCCCCCCCN1CC1. The molecule has 0 aliphatic carbocycles. The van der Waals surface area contributed by atoms with Crippen LogP contribution in [0, 0.1) is 0 Å². The van der Waals surface area contributed by atoms with E-state index in [1.807, 2.05) is 0 Å². The third-order valence-corrected chi connectivity index (χ3v) is 3.87. The fraction of sp³-hybridized carbons (Fsp3) is 1.00. The monoisotopic (exact) mass is 239 g/mol. The highest BCUT2D eigenvalue weighted by molar-refractivity contribution is 4.71. The van der Waals surface area contributed by atoms with Gasteiger partial charge in [-0.05, 0) is 13.0 Å². The Labute approximate surface area is 109 Å². The first-order chi connectivity index (χ1) is 8.43. The zero-order valence-corrected chi connectivity index (χ0v) is 12.1. The van der Waals surface area contributed by atoms with Crippen LogP contribution in [0.15, 0.2) is 0 Å². The van der Waals surface area contributed by atoms with Gasteiger partial charge < -0.3 is 4.90 Å². The second-order valence-electron chi connectivity index (χ2n) is 5.73. The van der Waals surface area contributed by atoms with Gasteiger partial charge in [0.05, 0.1) is 0 Å². The summed E-state index contributed by atoms with van der Waals surface area (Å²) in [6.07, 6.45) is 17.6. The maximum atomic E-state index is 2.54. The quantitative estimate of drug-likeness (QED) is 0.323. The topological polar surface area (TPSA) is 3.01 Å². The van der Waals surface area contributed by atoms with Gasteiger partial charge in [-0.15, -0.1) is 0 Å². The Morgan fingerprint density at radius 1 is 0.588 bits per heavy atom. The molecule has 0 aromatic rings. The van der Waals surface area contributed by atoms with Gasteiger partial charge in [0.15, 0.2) is 0 Å². The number of unbranched alkanes of at least 4 members (excludes halogenated alkanes) is 11. The Kier molecular flexibility index (Phi) is 9.78. The second kappa shape index (κ2) is 11.1. The minimum Gasteiger partial charge on any atom is -0.301 e. The summed E-state index contributed by atoms with van der Waals surface area (Å²) < 4.78 is 0. The van der Waals surface area contributed by atoms with Gasteiger partial charge in [-0.25, -0.2) is 0 Å². The lowest BCUT2D eigenvalue weighted by atomic mass is 10.1. The van der Waals surface area contributed by atoms with E-state index in [2.05, 4.69) is 11.8 Å². The summed E-state index contributed by atoms with van der Waals surface area (Å²) in [6.45, 7) is 6.41. The van der Waals surface area contributed by atoms with Crippen molar-refractivity contribution in [2.75, 3.05) is 19.6 Å². The number of nitrogens with zero attached hydrogens (tertiary/aromatic N) is 1. The Balaban J connectivity index is 1.61. The van der Waals surface area contributed by atoms with Crippen LogP contribution < -0.4 is 0 Å². The normalized spacial score (nSPS) is 15.4. The van der Waals surface area contributed by atoms with Gasteiger partial charge in [0.2, 0.25) is 0 Å². The Hall–Kier alpha value is -0.0400. The molecule has 17 heavy (non-hydrogen) atoms. The third-order valence-electron chi connectivity index (χ3n) is 3.87. The molecule has 102 valence electrons. The van der Waals surface area contributed by atoms with Crippen molar-refractivity contribution >= 4 is 0 Å². The molecule has 1 saturated heterocycles. The third kappa shape index (κ3) is 10.8. The van der Waals surface area contributed by atoms with E-state index >= 15 is 0 Å². The molecule has 0 saturated carbocycles. The summed E-state index contributed by atoms with van der Waals surface area (Å²) >= 11 is 0. The maximum Gasteiger partial charge on any atom is 0.0110 e. The van der Waals surface area contributed by atoms with E-state index in [1.165, 1.54) is 96.7 Å². The molecule has 0 aromatic heterocycles. The average Bonchev–Trinajstić information content (AvgIpc) is 3.15. The van der Waals surface area contributed by atoms with E-state index in [-0.39, 0.29) is 0 Å². The average molecular weight is 239 g/mol. The molecule has 1 fully saturated rings. The van der Waals surface area contributed by atoms with Crippen molar-refractivity contribution in [3.63, 3.8) is 0 Å². The highest BCUT2D eigenvalue weighted by Gasteiger charge is 2.14. The predicted molar refractivity (Wildman–Crippen MR) is 77.5 cm³/mol. The summed E-state index contributed by atoms with van der Waals surface area (Å²) in [7, 11) is 0. The molecule has 1 aliphatic rings. The smallest absolute Gasteiger partial charge is 0.0110 e. The molecule has 0 spiro atoms. The van der Waals surface area contributed by atoms with Crippen LogP contribution in [0.3, 0.4) is 0 Å². The molecule has 1 aliphatic heterocycles. The highest BCUT2D eigenvalue weighted by atomic mass is 15.2. The first-order valence-electron chi connectivity index (χ1n) is 8.16. The summed E-state index contributed by atoms with van der Waals surface area (Å²) in [5.41, 5.74) is 0. The molecule has 0 bridgehead atoms. The molecule has 0 N–H and O–H groups in total. The summed E-state index contributed by atoms with van der Waals surface area (Å²) in [4.78, 5) is 2.54. The zero-order chi connectivity index (χ0) is 12.2. The minimum absolute atomic E-state index is 1.37. The van der Waals surface area contributed by atoms with Gasteiger partial charge in [0.25, 0.3) is 0 Å². The van der Waals surface area contributed by atoms with Crippen LogP contribution in [0.2, 0.25) is 0 Å². The van der Waals surface area contributed by atoms with Gasteiger partial charge in [0.1, 0.15) is 0 Å². The van der Waals surface area contributed by atoms with Crippen LogP contribution in [-0.2, 0) is 0 Å². The lowest BCUT2D eigenvalue weighted by molar-refractivity contribution is 0.494. The fourth-order valence-electron chi connectivity index (χ4n) is 2.47. The van der Waals surface area contributed by atoms with Gasteiger partial charge in [0, 0.05) is 13.1 Å². The largest absolute Gasteiger partial charge is 0.301 e. The number of hydrogen-bond acceptors (Lipinski definition) is 1. The summed E-state index contributed by atoms with van der Waals surface area (Å²) in [6, 6.07) is 0. The van der Waals surface area contributed by atoms with Crippen molar-refractivity contribution in [3.8, 4) is 0 Å². The lowest BCUT2D eigenvalue weighted by Crippen LogP contribution is -1.98. The minimum atomic E-state index is 1.37. The molecular weight excluding hydrogens is 206 g/mol. The maximum absolute atomic E-state index is 2.54. The summed E-state index contributed by atoms with van der Waals surface area (Å²) in [5, 5.41) is 0. The van der Waals surface area contributed by atoms with Crippen LogP contribution in [0.25, 0.3) is 0 Å². The van der Waals surface area contributed by atoms with Gasteiger partial charge in [-0.2, -0.15) is 0 Å². The fourth-order valence-corrected chi connectivity index (χ4v) is 2.47. The highest BCUT2D eigenvalue weighted by Crippen LogP contribution is 2.12. The van der Waals surface area contributed by atoms with Crippen LogP contribution >= 0.6 is 0 Å². The number of rotatable bonds is 13. The van der Waals surface area contributed by atoms with Crippen LogP contribution in [0.1, 0.15) is 84.0 Å². The van der Waals surface area contributed by atoms with Crippen LogP contribution in [0.4, 0.5) is 0 Å². The standard InChI is InChI=1S/C16H33N/c1-2-3-4-5-6-7-8-9-10-11-12-13-14-17-15-16-17/h2-16H2,1H3. The predicted octanol–water partition coefficient (Wildman–Crippen LogP) is 5.00. The van der Waals surface area contributed by atoms with Crippen molar-refractivity contribution in [1.29, 1.82) is 0 Å². The second-order valence-corrected chi connectivity index (χ2v) is 5.73. The lowest BCUT2D eigenvalue weighted by Gasteiger charge is -2.03. The molecule has 0 unspecified atom stereocenters. The molecule has 0 radical (unpaired) electrons. The van der Waals surface area contributed by atoms with E-state index in [0.717, 1.165) is 0 Å². The molecular formula is C16H33N. The van der Waals surface area contributed by atoms with Crippen molar-refractivity contribution in [2.45, 2.75) is 84.0 Å². The summed E-state index contributed by atoms with van der Waals surface area (Å²) in [5.74, 6) is 0. The van der Waals surface area contributed by atoms with E-state index in [9.17, 15) is 0 Å². The first kappa shape index (κ1) is 15.0. The molecule has 1 heterocycles. The van der Waals surface area contributed by atoms with Gasteiger partial charge in [-0.3, -0.25) is 0 Å². The molecule has 0 amide bonds. The van der Waals surface area contributed by atoms with Crippen molar-refractivity contribution in [3.05, 3.63) is 0 Å². The van der Waals surface area contributed by atoms with E-state index in [0.29, 0.717) is 0 Å². The van der Waals surface area contributed by atoms with Crippen molar-refractivity contribution in [1.82, 2.24) is 4.90 Å². The zero-order valence-electron chi connectivity index (χ0n) is 12.1. The molecule has 1 heteroatoms. The Bertz CT molecular complexity index is 152. The van der Waals surface area contributed by atoms with Crippen molar-refractivity contribution in [2.24, 2.45) is 0 Å². The molecule has 0 atom stereocenters. The van der Waals surface area contributed by atoms with E-state index < -0.39 is 0 Å². The first-order valence-corrected chi connectivity index (χ1v) is 8.16. The van der Waals surface area contributed by atoms with E-state index in [1.54, 1.807) is 0 Å². The Morgan fingerprint density at radius 2 is 1.00 bits per heavy atom.